The summed E-state index contributed by atoms with van der Waals surface area (Å²) in [5.74, 6) is -0.974. The van der Waals surface area contributed by atoms with E-state index in [1.807, 2.05) is 19.2 Å². The van der Waals surface area contributed by atoms with Crippen LogP contribution >= 0.6 is 11.6 Å². The SMILES string of the molecule is COc1cc(C(=O)OCC(=O)NC(=O)NC(C)C)cc(Cl)c1OC(C)C. The largest absolute Gasteiger partial charge is 0.493 e. The highest BCUT2D eigenvalue weighted by atomic mass is 35.5. The van der Waals surface area contributed by atoms with Crippen molar-refractivity contribution in [1.82, 2.24) is 10.6 Å². The molecule has 0 bridgehead atoms. The lowest BCUT2D eigenvalue weighted by Crippen LogP contribution is -2.44. The highest BCUT2D eigenvalue weighted by molar-refractivity contribution is 6.32. The predicted octanol–water partition coefficient (Wildman–Crippen LogP) is 2.53. The molecule has 0 heterocycles. The Morgan fingerprint density at radius 2 is 1.81 bits per heavy atom. The van der Waals surface area contributed by atoms with Crippen LogP contribution in [0.3, 0.4) is 0 Å². The molecule has 0 unspecified atom stereocenters. The molecule has 144 valence electrons. The van der Waals surface area contributed by atoms with E-state index in [1.54, 1.807) is 13.8 Å². The van der Waals surface area contributed by atoms with Crippen molar-refractivity contribution >= 4 is 29.5 Å². The minimum Gasteiger partial charge on any atom is -0.493 e. The molecule has 0 spiro atoms. The summed E-state index contributed by atoms with van der Waals surface area (Å²) < 4.78 is 15.6. The van der Waals surface area contributed by atoms with Gasteiger partial charge in [0.2, 0.25) is 0 Å². The summed E-state index contributed by atoms with van der Waals surface area (Å²) in [6.07, 6.45) is -0.139. The highest BCUT2D eigenvalue weighted by Gasteiger charge is 2.19. The van der Waals surface area contributed by atoms with Crippen molar-refractivity contribution in [3.8, 4) is 11.5 Å². The molecule has 0 aliphatic heterocycles. The minimum atomic E-state index is -0.791. The Kier molecular flexibility index (Phi) is 8.18. The average Bonchev–Trinajstić information content (AvgIpc) is 2.52. The van der Waals surface area contributed by atoms with Crippen molar-refractivity contribution in [2.75, 3.05) is 13.7 Å². The van der Waals surface area contributed by atoms with E-state index in [9.17, 15) is 14.4 Å². The van der Waals surface area contributed by atoms with E-state index in [0.717, 1.165) is 0 Å². The number of rotatable bonds is 7. The maximum atomic E-state index is 12.1. The third-order valence-corrected chi connectivity index (χ3v) is 3.11. The minimum absolute atomic E-state index is 0.0855. The molecule has 0 fully saturated rings. The smallest absolute Gasteiger partial charge is 0.338 e. The van der Waals surface area contributed by atoms with Crippen LogP contribution < -0.4 is 20.1 Å². The van der Waals surface area contributed by atoms with Crippen molar-refractivity contribution in [3.63, 3.8) is 0 Å². The van der Waals surface area contributed by atoms with E-state index in [1.165, 1.54) is 19.2 Å². The Balaban J connectivity index is 2.74. The van der Waals surface area contributed by atoms with E-state index >= 15 is 0 Å². The number of carbonyl (C=O) groups excluding carboxylic acids is 3. The van der Waals surface area contributed by atoms with E-state index in [4.69, 9.17) is 25.8 Å². The first-order valence-corrected chi connectivity index (χ1v) is 8.33. The summed E-state index contributed by atoms with van der Waals surface area (Å²) in [4.78, 5) is 35.1. The number of esters is 1. The van der Waals surface area contributed by atoms with E-state index in [-0.39, 0.29) is 28.5 Å². The lowest BCUT2D eigenvalue weighted by Gasteiger charge is -2.16. The zero-order valence-electron chi connectivity index (χ0n) is 15.3. The Morgan fingerprint density at radius 1 is 1.15 bits per heavy atom. The average molecular weight is 387 g/mol. The number of methoxy groups -OCH3 is 1. The Hall–Kier alpha value is -2.48. The molecule has 1 aromatic carbocycles. The molecule has 0 aromatic heterocycles. The van der Waals surface area contributed by atoms with Gasteiger partial charge < -0.3 is 19.5 Å². The fourth-order valence-corrected chi connectivity index (χ4v) is 2.12. The van der Waals surface area contributed by atoms with E-state index < -0.39 is 24.5 Å². The van der Waals surface area contributed by atoms with Gasteiger partial charge in [-0.2, -0.15) is 0 Å². The fourth-order valence-electron chi connectivity index (χ4n) is 1.86. The van der Waals surface area contributed by atoms with Gasteiger partial charge in [-0.25, -0.2) is 9.59 Å². The first-order chi connectivity index (χ1) is 12.1. The topological polar surface area (TPSA) is 103 Å². The molecular formula is C17H23ClN2O6. The molecule has 8 nitrogen and oxygen atoms in total. The molecule has 0 radical (unpaired) electrons. The fraction of sp³-hybridized carbons (Fsp3) is 0.471. The van der Waals surface area contributed by atoms with Crippen molar-refractivity contribution in [2.45, 2.75) is 39.8 Å². The van der Waals surface area contributed by atoms with Gasteiger partial charge in [0.15, 0.2) is 18.1 Å². The van der Waals surface area contributed by atoms with Gasteiger partial charge in [-0.3, -0.25) is 10.1 Å². The summed E-state index contributed by atoms with van der Waals surface area (Å²) in [5, 5.41) is 4.70. The number of amides is 3. The molecule has 2 N–H and O–H groups in total. The Morgan fingerprint density at radius 3 is 2.35 bits per heavy atom. The highest BCUT2D eigenvalue weighted by Crippen LogP contribution is 2.37. The van der Waals surface area contributed by atoms with Crippen LogP contribution in [0.4, 0.5) is 4.79 Å². The second kappa shape index (κ2) is 9.86. The number of nitrogens with one attached hydrogen (secondary N) is 2. The van der Waals surface area contributed by atoms with Crippen LogP contribution in [0.15, 0.2) is 12.1 Å². The predicted molar refractivity (Wildman–Crippen MR) is 95.9 cm³/mol. The summed E-state index contributed by atoms with van der Waals surface area (Å²) in [6, 6.07) is 1.95. The molecular weight excluding hydrogens is 364 g/mol. The third kappa shape index (κ3) is 6.79. The molecule has 1 aromatic rings. The number of halogens is 1. The summed E-state index contributed by atoms with van der Waals surface area (Å²) in [7, 11) is 1.41. The normalized spacial score (nSPS) is 10.5. The zero-order chi connectivity index (χ0) is 19.9. The summed E-state index contributed by atoms with van der Waals surface area (Å²) >= 11 is 6.14. The van der Waals surface area contributed by atoms with Crippen molar-refractivity contribution in [2.24, 2.45) is 0 Å². The second-order valence-corrected chi connectivity index (χ2v) is 6.32. The van der Waals surface area contributed by atoms with Crippen LogP contribution in [0.5, 0.6) is 11.5 Å². The quantitative estimate of drug-likeness (QED) is 0.698. The van der Waals surface area contributed by atoms with Gasteiger partial charge >= 0.3 is 12.0 Å². The maximum Gasteiger partial charge on any atom is 0.338 e. The molecule has 0 aliphatic rings. The number of carbonyl (C=O) groups is 3. The van der Waals surface area contributed by atoms with Gasteiger partial charge in [0, 0.05) is 6.04 Å². The summed E-state index contributed by atoms with van der Waals surface area (Å²) in [6.45, 7) is 6.52. The van der Waals surface area contributed by atoms with Crippen LogP contribution in [0.2, 0.25) is 5.02 Å². The van der Waals surface area contributed by atoms with Gasteiger partial charge in [-0.1, -0.05) is 11.6 Å². The van der Waals surface area contributed by atoms with E-state index in [2.05, 4.69) is 5.32 Å². The molecule has 0 saturated carbocycles. The lowest BCUT2D eigenvalue weighted by atomic mass is 10.2. The van der Waals surface area contributed by atoms with Crippen LogP contribution in [-0.2, 0) is 9.53 Å². The maximum absolute atomic E-state index is 12.1. The van der Waals surface area contributed by atoms with Crippen molar-refractivity contribution in [1.29, 1.82) is 0 Å². The number of hydrogen-bond donors (Lipinski definition) is 2. The van der Waals surface area contributed by atoms with Gasteiger partial charge in [-0.15, -0.1) is 0 Å². The lowest BCUT2D eigenvalue weighted by molar-refractivity contribution is -0.123. The Bertz CT molecular complexity index is 675. The van der Waals surface area contributed by atoms with Gasteiger partial charge in [0.1, 0.15) is 0 Å². The first kappa shape index (κ1) is 21.6. The second-order valence-electron chi connectivity index (χ2n) is 5.91. The standard InChI is InChI=1S/C17H23ClN2O6/c1-9(2)19-17(23)20-14(21)8-25-16(22)11-6-12(18)15(26-10(3)4)13(7-11)24-5/h6-7,9-10H,8H2,1-5H3,(H2,19,20,21,23). The van der Waals surface area contributed by atoms with Gasteiger partial charge in [-0.05, 0) is 39.8 Å². The summed E-state index contributed by atoms with van der Waals surface area (Å²) in [5.41, 5.74) is 0.0855. The van der Waals surface area contributed by atoms with Gasteiger partial charge in [0.05, 0.1) is 23.8 Å². The molecule has 0 atom stereocenters. The Labute approximate surface area is 157 Å². The molecule has 9 heteroatoms. The number of urea groups is 1. The molecule has 0 saturated heterocycles. The zero-order valence-corrected chi connectivity index (χ0v) is 16.1. The molecule has 26 heavy (non-hydrogen) atoms. The van der Waals surface area contributed by atoms with Crippen LogP contribution in [0.25, 0.3) is 0 Å². The monoisotopic (exact) mass is 386 g/mol. The molecule has 0 aliphatic carbocycles. The van der Waals surface area contributed by atoms with Crippen LogP contribution in [0, 0.1) is 0 Å². The number of imide groups is 1. The number of hydrogen-bond acceptors (Lipinski definition) is 6. The van der Waals surface area contributed by atoms with Crippen molar-refractivity contribution < 1.29 is 28.6 Å². The molecule has 3 amide bonds. The molecule has 1 rings (SSSR count). The number of ether oxygens (including phenoxy) is 3. The first-order valence-electron chi connectivity index (χ1n) is 7.95. The van der Waals surface area contributed by atoms with Crippen molar-refractivity contribution in [3.05, 3.63) is 22.7 Å². The number of benzene rings is 1. The third-order valence-electron chi connectivity index (χ3n) is 2.83. The van der Waals surface area contributed by atoms with Crippen LogP contribution in [-0.4, -0.2) is 43.8 Å². The van der Waals surface area contributed by atoms with Crippen LogP contribution in [0.1, 0.15) is 38.1 Å². The van der Waals surface area contributed by atoms with Gasteiger partial charge in [0.25, 0.3) is 5.91 Å². The van der Waals surface area contributed by atoms with E-state index in [0.29, 0.717) is 5.75 Å².